The average molecular weight is 230 g/mol. The van der Waals surface area contributed by atoms with Crippen LogP contribution in [0.3, 0.4) is 0 Å². The van der Waals surface area contributed by atoms with Gasteiger partial charge < -0.3 is 4.74 Å². The van der Waals surface area contributed by atoms with Crippen molar-refractivity contribution in [2.24, 2.45) is 5.41 Å². The number of hydrogen-bond donors (Lipinski definition) is 0. The highest BCUT2D eigenvalue weighted by atomic mass is 32.2. The van der Waals surface area contributed by atoms with Crippen LogP contribution in [0, 0.1) is 5.41 Å². The highest BCUT2D eigenvalue weighted by Crippen LogP contribution is 2.22. The van der Waals surface area contributed by atoms with Gasteiger partial charge in [0.2, 0.25) is 0 Å². The van der Waals surface area contributed by atoms with Crippen LogP contribution in [-0.4, -0.2) is 23.4 Å². The first-order chi connectivity index (χ1) is 6.75. The molecule has 0 spiro atoms. The summed E-state index contributed by atoms with van der Waals surface area (Å²) in [5, 5.41) is 0.105. The lowest BCUT2D eigenvalue weighted by atomic mass is 10.00. The lowest BCUT2D eigenvalue weighted by Gasteiger charge is -2.15. The molecule has 0 aliphatic heterocycles. The molecule has 0 atom stereocenters. The van der Waals surface area contributed by atoms with E-state index in [9.17, 15) is 9.59 Å². The number of carbonyl (C=O) groups is 2. The molecular weight excluding hydrogens is 212 g/mol. The lowest BCUT2D eigenvalue weighted by Crippen LogP contribution is -2.18. The van der Waals surface area contributed by atoms with Gasteiger partial charge in [-0.1, -0.05) is 39.1 Å². The minimum absolute atomic E-state index is 0.105. The lowest BCUT2D eigenvalue weighted by molar-refractivity contribution is -0.138. The summed E-state index contributed by atoms with van der Waals surface area (Å²) >= 11 is 1.19. The van der Waals surface area contributed by atoms with E-state index in [1.165, 1.54) is 11.8 Å². The molecule has 0 rings (SSSR count). The molecule has 0 aromatic carbocycles. The molecule has 4 heteroatoms. The number of rotatable bonds is 4. The van der Waals surface area contributed by atoms with Crippen LogP contribution in [0.4, 0.5) is 0 Å². The van der Waals surface area contributed by atoms with Gasteiger partial charge in [0, 0.05) is 16.7 Å². The molecule has 0 saturated heterocycles. The second-order valence-electron chi connectivity index (χ2n) is 4.30. The third-order valence-electron chi connectivity index (χ3n) is 1.51. The molecule has 0 saturated carbocycles. The van der Waals surface area contributed by atoms with Crippen molar-refractivity contribution in [2.45, 2.75) is 27.7 Å². The topological polar surface area (TPSA) is 43.4 Å². The fourth-order valence-corrected chi connectivity index (χ4v) is 1.39. The molecule has 0 unspecified atom stereocenters. The van der Waals surface area contributed by atoms with E-state index >= 15 is 0 Å². The minimum atomic E-state index is -0.404. The standard InChI is InChI=1S/C11H18O3S/c1-8(2)9(12)14-6-7-15-10(13)11(3,4)5/h1,6-7H2,2-5H3. The van der Waals surface area contributed by atoms with Gasteiger partial charge in [0.15, 0.2) is 5.12 Å². The van der Waals surface area contributed by atoms with Crippen LogP contribution in [0.15, 0.2) is 12.2 Å². The van der Waals surface area contributed by atoms with E-state index in [4.69, 9.17) is 4.74 Å². The molecule has 0 aromatic rings. The average Bonchev–Trinajstić information content (AvgIpc) is 2.09. The van der Waals surface area contributed by atoms with Crippen molar-refractivity contribution in [3.8, 4) is 0 Å². The third kappa shape index (κ3) is 6.33. The highest BCUT2D eigenvalue weighted by molar-refractivity contribution is 8.13. The number of hydrogen-bond acceptors (Lipinski definition) is 4. The molecule has 3 nitrogen and oxygen atoms in total. The zero-order valence-corrected chi connectivity index (χ0v) is 10.6. The predicted octanol–water partition coefficient (Wildman–Crippen LogP) is 2.41. The number of thioether (sulfide) groups is 1. The normalized spacial score (nSPS) is 10.9. The van der Waals surface area contributed by atoms with Crippen molar-refractivity contribution in [1.82, 2.24) is 0 Å². The fraction of sp³-hybridized carbons (Fsp3) is 0.636. The SMILES string of the molecule is C=C(C)C(=O)OCCSC(=O)C(C)(C)C. The summed E-state index contributed by atoms with van der Waals surface area (Å²) in [5.74, 6) is 0.0913. The van der Waals surface area contributed by atoms with Crippen LogP contribution < -0.4 is 0 Å². The summed E-state index contributed by atoms with van der Waals surface area (Å²) in [7, 11) is 0. The van der Waals surface area contributed by atoms with Crippen molar-refractivity contribution < 1.29 is 14.3 Å². The minimum Gasteiger partial charge on any atom is -0.461 e. The first-order valence-corrected chi connectivity index (χ1v) is 5.73. The van der Waals surface area contributed by atoms with Gasteiger partial charge in [0.05, 0.1) is 0 Å². The van der Waals surface area contributed by atoms with Crippen LogP contribution >= 0.6 is 11.8 Å². The second-order valence-corrected chi connectivity index (χ2v) is 5.37. The van der Waals surface area contributed by atoms with E-state index < -0.39 is 5.97 Å². The Morgan fingerprint density at radius 3 is 2.27 bits per heavy atom. The maximum absolute atomic E-state index is 11.4. The summed E-state index contributed by atoms with van der Waals surface area (Å²) in [6.07, 6.45) is 0. The van der Waals surface area contributed by atoms with Crippen LogP contribution in [0.1, 0.15) is 27.7 Å². The van der Waals surface area contributed by atoms with E-state index in [-0.39, 0.29) is 17.1 Å². The Bertz CT molecular complexity index is 263. The number of carbonyl (C=O) groups excluding carboxylic acids is 2. The molecule has 0 heterocycles. The van der Waals surface area contributed by atoms with E-state index in [0.717, 1.165) is 0 Å². The van der Waals surface area contributed by atoms with E-state index in [0.29, 0.717) is 11.3 Å². The Balaban J connectivity index is 3.69. The third-order valence-corrected chi connectivity index (χ3v) is 2.76. The first-order valence-electron chi connectivity index (χ1n) is 4.75. The Morgan fingerprint density at radius 2 is 1.87 bits per heavy atom. The largest absolute Gasteiger partial charge is 0.461 e. The van der Waals surface area contributed by atoms with Gasteiger partial charge in [-0.3, -0.25) is 4.79 Å². The zero-order chi connectivity index (χ0) is 12.1. The van der Waals surface area contributed by atoms with Gasteiger partial charge >= 0.3 is 5.97 Å². The molecule has 0 aliphatic carbocycles. The van der Waals surface area contributed by atoms with E-state index in [1.54, 1.807) is 6.92 Å². The van der Waals surface area contributed by atoms with Crippen molar-refractivity contribution >= 4 is 22.8 Å². The fourth-order valence-electron chi connectivity index (χ4n) is 0.608. The van der Waals surface area contributed by atoms with Gasteiger partial charge in [0.1, 0.15) is 6.61 Å². The molecule has 0 N–H and O–H groups in total. The van der Waals surface area contributed by atoms with Gasteiger partial charge in [-0.15, -0.1) is 0 Å². The van der Waals surface area contributed by atoms with Gasteiger partial charge in [-0.05, 0) is 6.92 Å². The van der Waals surface area contributed by atoms with Crippen molar-refractivity contribution in [2.75, 3.05) is 12.4 Å². The molecule has 0 bridgehead atoms. The monoisotopic (exact) mass is 230 g/mol. The van der Waals surface area contributed by atoms with Crippen molar-refractivity contribution in [3.63, 3.8) is 0 Å². The van der Waals surface area contributed by atoms with E-state index in [1.807, 2.05) is 20.8 Å². The van der Waals surface area contributed by atoms with Gasteiger partial charge in [-0.25, -0.2) is 4.79 Å². The number of ether oxygens (including phenoxy) is 1. The molecule has 0 radical (unpaired) electrons. The van der Waals surface area contributed by atoms with Crippen LogP contribution in [0.25, 0.3) is 0 Å². The first kappa shape index (κ1) is 14.2. The number of esters is 1. The summed E-state index contributed by atoms with van der Waals surface area (Å²) in [6.45, 7) is 10.9. The summed E-state index contributed by atoms with van der Waals surface area (Å²) in [5.41, 5.74) is 0.0328. The molecule has 0 amide bonds. The van der Waals surface area contributed by atoms with Crippen molar-refractivity contribution in [3.05, 3.63) is 12.2 Å². The highest BCUT2D eigenvalue weighted by Gasteiger charge is 2.21. The van der Waals surface area contributed by atoms with Crippen molar-refractivity contribution in [1.29, 1.82) is 0 Å². The Morgan fingerprint density at radius 1 is 1.33 bits per heavy atom. The maximum atomic E-state index is 11.4. The Hall–Kier alpha value is -0.770. The van der Waals surface area contributed by atoms with Crippen LogP contribution in [-0.2, 0) is 14.3 Å². The molecule has 0 fully saturated rings. The molecular formula is C11H18O3S. The maximum Gasteiger partial charge on any atom is 0.333 e. The van der Waals surface area contributed by atoms with Gasteiger partial charge in [-0.2, -0.15) is 0 Å². The summed E-state index contributed by atoms with van der Waals surface area (Å²) in [4.78, 5) is 22.4. The van der Waals surface area contributed by atoms with Crippen LogP contribution in [0.2, 0.25) is 0 Å². The molecule has 0 aromatic heterocycles. The smallest absolute Gasteiger partial charge is 0.333 e. The zero-order valence-electron chi connectivity index (χ0n) is 9.75. The molecule has 86 valence electrons. The van der Waals surface area contributed by atoms with E-state index in [2.05, 4.69) is 6.58 Å². The predicted molar refractivity (Wildman–Crippen MR) is 62.7 cm³/mol. The summed E-state index contributed by atoms with van der Waals surface area (Å²) in [6, 6.07) is 0. The molecule has 0 aliphatic rings. The van der Waals surface area contributed by atoms with Gasteiger partial charge in [0.25, 0.3) is 0 Å². The quantitative estimate of drug-likeness (QED) is 0.422. The Labute approximate surface area is 95.3 Å². The van der Waals surface area contributed by atoms with Crippen LogP contribution in [0.5, 0.6) is 0 Å². The Kier molecular flexibility index (Phi) is 5.65. The molecule has 15 heavy (non-hydrogen) atoms. The summed E-state index contributed by atoms with van der Waals surface area (Å²) < 4.78 is 4.85. The second kappa shape index (κ2) is 5.95.